The van der Waals surface area contributed by atoms with Crippen LogP contribution in [0.1, 0.15) is 5.56 Å². The first-order valence-corrected chi connectivity index (χ1v) is 6.30. The second-order valence-electron chi connectivity index (χ2n) is 4.43. The van der Waals surface area contributed by atoms with Crippen LogP contribution < -0.4 is 0 Å². The van der Waals surface area contributed by atoms with Crippen LogP contribution >= 0.6 is 11.6 Å². The zero-order valence-electron chi connectivity index (χ0n) is 10.6. The minimum atomic E-state index is -0.420. The number of hydrogen-bond acceptors (Lipinski definition) is 2. The predicted octanol–water partition coefficient (Wildman–Crippen LogP) is 3.90. The summed E-state index contributed by atoms with van der Waals surface area (Å²) in [6, 6.07) is 11.8. The van der Waals surface area contributed by atoms with Gasteiger partial charge < -0.3 is 4.57 Å². The molecule has 3 nitrogen and oxygen atoms in total. The highest BCUT2D eigenvalue weighted by atomic mass is 35.5. The molecular weight excluding hydrogens is 277 g/mol. The lowest BCUT2D eigenvalue weighted by Gasteiger charge is -2.04. The van der Waals surface area contributed by atoms with Gasteiger partial charge in [-0.2, -0.15) is 5.26 Å². The number of imidazole rings is 1. The van der Waals surface area contributed by atoms with Crippen molar-refractivity contribution in [3.63, 3.8) is 0 Å². The fourth-order valence-corrected chi connectivity index (χ4v) is 2.34. The number of hydrogen-bond donors (Lipinski definition) is 0. The van der Waals surface area contributed by atoms with E-state index in [1.165, 1.54) is 6.07 Å². The molecular formula is C15H9ClFN3. The number of halogens is 2. The molecule has 0 radical (unpaired) electrons. The molecule has 0 aliphatic rings. The molecule has 0 bridgehead atoms. The van der Waals surface area contributed by atoms with Gasteiger partial charge >= 0.3 is 0 Å². The van der Waals surface area contributed by atoms with Gasteiger partial charge in [-0.1, -0.05) is 11.6 Å². The molecule has 3 aromatic rings. The molecule has 1 aromatic heterocycles. The highest BCUT2D eigenvalue weighted by Crippen LogP contribution is 2.27. The molecule has 98 valence electrons. The molecule has 0 saturated heterocycles. The first kappa shape index (κ1) is 12.6. The lowest BCUT2D eigenvalue weighted by molar-refractivity contribution is 0.629. The van der Waals surface area contributed by atoms with Crippen molar-refractivity contribution >= 4 is 22.6 Å². The van der Waals surface area contributed by atoms with Crippen molar-refractivity contribution in [2.24, 2.45) is 7.05 Å². The first-order chi connectivity index (χ1) is 9.60. The first-order valence-electron chi connectivity index (χ1n) is 5.92. The number of nitriles is 1. The third-order valence-electron chi connectivity index (χ3n) is 3.18. The Morgan fingerprint density at radius 3 is 2.75 bits per heavy atom. The molecule has 0 saturated carbocycles. The fraction of sp³-hybridized carbons (Fsp3) is 0.0667. The molecule has 0 aliphatic heterocycles. The molecule has 5 heteroatoms. The third-order valence-corrected chi connectivity index (χ3v) is 3.42. The lowest BCUT2D eigenvalue weighted by Crippen LogP contribution is -1.94. The Kier molecular flexibility index (Phi) is 2.92. The summed E-state index contributed by atoms with van der Waals surface area (Å²) in [7, 11) is 1.81. The second-order valence-corrected chi connectivity index (χ2v) is 4.87. The average molecular weight is 286 g/mol. The summed E-state index contributed by atoms with van der Waals surface area (Å²) in [4.78, 5) is 4.41. The number of nitrogens with zero attached hydrogens (tertiary/aromatic N) is 3. The van der Waals surface area contributed by atoms with E-state index >= 15 is 0 Å². The van der Waals surface area contributed by atoms with Crippen LogP contribution in [0, 0.1) is 17.1 Å². The van der Waals surface area contributed by atoms with Crippen LogP contribution in [0.2, 0.25) is 5.02 Å². The van der Waals surface area contributed by atoms with Crippen molar-refractivity contribution in [3.8, 4) is 17.5 Å². The molecule has 0 N–H and O–H groups in total. The van der Waals surface area contributed by atoms with Crippen LogP contribution in [0.5, 0.6) is 0 Å². The van der Waals surface area contributed by atoms with Gasteiger partial charge in [0.1, 0.15) is 11.6 Å². The Labute approximate surface area is 119 Å². The molecule has 0 aliphatic carbocycles. The molecule has 2 aromatic carbocycles. The Balaban J connectivity index is 2.26. The smallest absolute Gasteiger partial charge is 0.143 e. The van der Waals surface area contributed by atoms with E-state index in [1.54, 1.807) is 34.9 Å². The van der Waals surface area contributed by atoms with Gasteiger partial charge in [0.25, 0.3) is 0 Å². The summed E-state index contributed by atoms with van der Waals surface area (Å²) in [6.07, 6.45) is 0. The summed E-state index contributed by atoms with van der Waals surface area (Å²) >= 11 is 5.76. The van der Waals surface area contributed by atoms with Crippen LogP contribution in [-0.4, -0.2) is 9.55 Å². The molecule has 20 heavy (non-hydrogen) atoms. The number of fused-ring (bicyclic) bond motifs is 1. The van der Waals surface area contributed by atoms with E-state index in [0.29, 0.717) is 27.5 Å². The Morgan fingerprint density at radius 1 is 1.25 bits per heavy atom. The van der Waals surface area contributed by atoms with Gasteiger partial charge in [-0.25, -0.2) is 9.37 Å². The maximum Gasteiger partial charge on any atom is 0.143 e. The van der Waals surface area contributed by atoms with Gasteiger partial charge in [-0.05, 0) is 36.4 Å². The van der Waals surface area contributed by atoms with Gasteiger partial charge in [0.05, 0.1) is 28.2 Å². The maximum absolute atomic E-state index is 14.0. The molecule has 0 atom stereocenters. The molecule has 0 fully saturated rings. The van der Waals surface area contributed by atoms with Crippen molar-refractivity contribution in [1.82, 2.24) is 9.55 Å². The van der Waals surface area contributed by atoms with E-state index in [1.807, 2.05) is 7.05 Å². The van der Waals surface area contributed by atoms with Crippen molar-refractivity contribution < 1.29 is 4.39 Å². The van der Waals surface area contributed by atoms with Crippen LogP contribution in [0.3, 0.4) is 0 Å². The highest BCUT2D eigenvalue weighted by Gasteiger charge is 2.14. The van der Waals surface area contributed by atoms with Gasteiger partial charge in [0.2, 0.25) is 0 Å². The Bertz CT molecular complexity index is 861. The number of rotatable bonds is 1. The van der Waals surface area contributed by atoms with Crippen LogP contribution in [0.15, 0.2) is 36.4 Å². The van der Waals surface area contributed by atoms with Gasteiger partial charge in [-0.15, -0.1) is 0 Å². The van der Waals surface area contributed by atoms with Crippen molar-refractivity contribution in [3.05, 3.63) is 52.8 Å². The summed E-state index contributed by atoms with van der Waals surface area (Å²) < 4.78 is 15.8. The normalized spacial score (nSPS) is 10.7. The number of aryl methyl sites for hydroxylation is 1. The second kappa shape index (κ2) is 4.62. The minimum Gasteiger partial charge on any atom is -0.327 e. The van der Waals surface area contributed by atoms with Crippen LogP contribution in [0.4, 0.5) is 4.39 Å². The molecule has 3 rings (SSSR count). The van der Waals surface area contributed by atoms with Gasteiger partial charge in [0, 0.05) is 12.1 Å². The average Bonchev–Trinajstić information content (AvgIpc) is 2.75. The molecule has 1 heterocycles. The van der Waals surface area contributed by atoms with Gasteiger partial charge in [0.15, 0.2) is 0 Å². The number of benzene rings is 2. The summed E-state index contributed by atoms with van der Waals surface area (Å²) in [6.45, 7) is 0. The topological polar surface area (TPSA) is 41.6 Å². The van der Waals surface area contributed by atoms with E-state index in [-0.39, 0.29) is 0 Å². The summed E-state index contributed by atoms with van der Waals surface area (Å²) in [5.74, 6) is 0.0840. The minimum absolute atomic E-state index is 0.344. The summed E-state index contributed by atoms with van der Waals surface area (Å²) in [5.41, 5.74) is 2.41. The van der Waals surface area contributed by atoms with E-state index < -0.39 is 5.82 Å². The standard InChI is InChI=1S/C15H9ClFN3/c1-20-14-5-2-9(8-18)6-13(14)19-15(20)11-4-3-10(16)7-12(11)17/h2-7H,1H3. The quantitative estimate of drug-likeness (QED) is 0.680. The van der Waals surface area contributed by atoms with Crippen molar-refractivity contribution in [1.29, 1.82) is 5.26 Å². The SMILES string of the molecule is Cn1c(-c2ccc(Cl)cc2F)nc2cc(C#N)ccc21. The lowest BCUT2D eigenvalue weighted by atomic mass is 10.2. The van der Waals surface area contributed by atoms with E-state index in [0.717, 1.165) is 5.52 Å². The van der Waals surface area contributed by atoms with Crippen molar-refractivity contribution in [2.45, 2.75) is 0 Å². The Hall–Kier alpha value is -2.38. The highest BCUT2D eigenvalue weighted by molar-refractivity contribution is 6.30. The molecule has 0 spiro atoms. The van der Waals surface area contributed by atoms with Gasteiger partial charge in [-0.3, -0.25) is 0 Å². The molecule has 0 unspecified atom stereocenters. The zero-order chi connectivity index (χ0) is 14.3. The monoisotopic (exact) mass is 285 g/mol. The number of aromatic nitrogens is 2. The third kappa shape index (κ3) is 1.93. The maximum atomic E-state index is 14.0. The van der Waals surface area contributed by atoms with Crippen LogP contribution in [0.25, 0.3) is 22.4 Å². The predicted molar refractivity (Wildman–Crippen MR) is 75.8 cm³/mol. The fourth-order valence-electron chi connectivity index (χ4n) is 2.18. The van der Waals surface area contributed by atoms with Crippen LogP contribution in [-0.2, 0) is 7.05 Å². The van der Waals surface area contributed by atoms with Crippen molar-refractivity contribution in [2.75, 3.05) is 0 Å². The summed E-state index contributed by atoms with van der Waals surface area (Å²) in [5, 5.41) is 9.25. The van der Waals surface area contributed by atoms with E-state index in [4.69, 9.17) is 16.9 Å². The largest absolute Gasteiger partial charge is 0.327 e. The molecule has 0 amide bonds. The van der Waals surface area contributed by atoms with E-state index in [2.05, 4.69) is 11.1 Å². The van der Waals surface area contributed by atoms with E-state index in [9.17, 15) is 4.39 Å². The zero-order valence-corrected chi connectivity index (χ0v) is 11.3. The Morgan fingerprint density at radius 2 is 2.05 bits per heavy atom.